The number of anilines is 1. The first-order valence-electron chi connectivity index (χ1n) is 9.46. The van der Waals surface area contributed by atoms with Crippen LogP contribution in [-0.4, -0.2) is 32.4 Å². The predicted molar refractivity (Wildman–Crippen MR) is 114 cm³/mol. The van der Waals surface area contributed by atoms with Crippen molar-refractivity contribution < 1.29 is 14.4 Å². The highest BCUT2D eigenvalue weighted by atomic mass is 32.2. The largest absolute Gasteiger partial charge is 0.381 e. The molecule has 1 fully saturated rings. The van der Waals surface area contributed by atoms with Crippen LogP contribution < -0.4 is 9.74 Å². The number of carbonyl (C=O) groups is 1. The SMILES string of the molecule is CC(=O)N(C)c1ccc(CSc2cccc(O/N=C\C3CCOCC3)c2)cc1. The first kappa shape index (κ1) is 20.4. The zero-order valence-electron chi connectivity index (χ0n) is 16.3. The van der Waals surface area contributed by atoms with E-state index >= 15 is 0 Å². The van der Waals surface area contributed by atoms with Crippen molar-refractivity contribution in [1.82, 2.24) is 0 Å². The molecule has 0 atom stereocenters. The summed E-state index contributed by atoms with van der Waals surface area (Å²) in [7, 11) is 1.78. The molecule has 0 N–H and O–H groups in total. The predicted octanol–water partition coefficient (Wildman–Crippen LogP) is 4.75. The lowest BCUT2D eigenvalue weighted by Crippen LogP contribution is -2.22. The highest BCUT2D eigenvalue weighted by Crippen LogP contribution is 2.27. The number of benzene rings is 2. The van der Waals surface area contributed by atoms with Crippen molar-refractivity contribution in [3.63, 3.8) is 0 Å². The van der Waals surface area contributed by atoms with Gasteiger partial charge in [0.2, 0.25) is 5.91 Å². The summed E-state index contributed by atoms with van der Waals surface area (Å²) in [5, 5.41) is 4.14. The van der Waals surface area contributed by atoms with E-state index in [0.717, 1.165) is 48.1 Å². The van der Waals surface area contributed by atoms with Crippen LogP contribution in [0.1, 0.15) is 25.3 Å². The van der Waals surface area contributed by atoms with Crippen LogP contribution in [0.2, 0.25) is 0 Å². The number of nitrogens with zero attached hydrogens (tertiary/aromatic N) is 2. The van der Waals surface area contributed by atoms with Crippen molar-refractivity contribution in [3.8, 4) is 5.75 Å². The van der Waals surface area contributed by atoms with Crippen molar-refractivity contribution >= 4 is 29.6 Å². The maximum atomic E-state index is 11.4. The molecule has 148 valence electrons. The molecule has 0 saturated carbocycles. The second-order valence-electron chi connectivity index (χ2n) is 6.80. The molecule has 2 aromatic carbocycles. The number of carbonyl (C=O) groups excluding carboxylic acids is 1. The lowest BCUT2D eigenvalue weighted by atomic mass is 10.0. The van der Waals surface area contributed by atoms with Crippen molar-refractivity contribution in [2.45, 2.75) is 30.4 Å². The average molecular weight is 399 g/mol. The molecule has 1 heterocycles. The molecule has 3 rings (SSSR count). The third-order valence-electron chi connectivity index (χ3n) is 4.70. The van der Waals surface area contributed by atoms with Gasteiger partial charge >= 0.3 is 0 Å². The van der Waals surface area contributed by atoms with Gasteiger partial charge in [-0.1, -0.05) is 23.4 Å². The molecule has 1 aliphatic heterocycles. The van der Waals surface area contributed by atoms with E-state index in [1.54, 1.807) is 30.6 Å². The average Bonchev–Trinajstić information content (AvgIpc) is 2.73. The van der Waals surface area contributed by atoms with Gasteiger partial charge in [0.1, 0.15) is 0 Å². The van der Waals surface area contributed by atoms with Gasteiger partial charge in [-0.05, 0) is 48.7 Å². The number of rotatable bonds is 7. The molecule has 1 saturated heterocycles. The molecule has 1 amide bonds. The Hall–Kier alpha value is -2.31. The Morgan fingerprint density at radius 3 is 2.71 bits per heavy atom. The minimum atomic E-state index is 0.0263. The van der Waals surface area contributed by atoms with Gasteiger partial charge < -0.3 is 14.5 Å². The van der Waals surface area contributed by atoms with Gasteiger partial charge in [-0.15, -0.1) is 11.8 Å². The number of hydrogen-bond donors (Lipinski definition) is 0. The highest BCUT2D eigenvalue weighted by Gasteiger charge is 2.11. The Labute approximate surface area is 170 Å². The van der Waals surface area contributed by atoms with Gasteiger partial charge in [-0.3, -0.25) is 4.79 Å². The van der Waals surface area contributed by atoms with E-state index in [9.17, 15) is 4.79 Å². The van der Waals surface area contributed by atoms with Gasteiger partial charge in [0.05, 0.1) is 0 Å². The molecule has 0 spiro atoms. The van der Waals surface area contributed by atoms with Crippen LogP contribution in [0.5, 0.6) is 5.75 Å². The standard InChI is InChI=1S/C22H26N2O3S/c1-17(25)24(2)20-8-6-19(7-9-20)16-28-22-5-3-4-21(14-22)27-23-15-18-10-12-26-13-11-18/h3-9,14-15,18H,10-13,16H2,1-2H3/b23-15-. The summed E-state index contributed by atoms with van der Waals surface area (Å²) in [6.07, 6.45) is 3.90. The van der Waals surface area contributed by atoms with Gasteiger partial charge in [-0.25, -0.2) is 0 Å². The molecule has 28 heavy (non-hydrogen) atoms. The van der Waals surface area contributed by atoms with E-state index in [4.69, 9.17) is 9.57 Å². The van der Waals surface area contributed by atoms with E-state index in [-0.39, 0.29) is 5.91 Å². The molecular weight excluding hydrogens is 372 g/mol. The summed E-state index contributed by atoms with van der Waals surface area (Å²) in [5.41, 5.74) is 2.11. The molecule has 1 aliphatic rings. The monoisotopic (exact) mass is 398 g/mol. The maximum Gasteiger partial charge on any atom is 0.223 e. The van der Waals surface area contributed by atoms with Gasteiger partial charge in [0.15, 0.2) is 5.75 Å². The molecule has 5 nitrogen and oxygen atoms in total. The summed E-state index contributed by atoms with van der Waals surface area (Å²) in [6.45, 7) is 3.16. The maximum absolute atomic E-state index is 11.4. The van der Waals surface area contributed by atoms with E-state index in [2.05, 4.69) is 23.4 Å². The first-order valence-corrected chi connectivity index (χ1v) is 10.4. The van der Waals surface area contributed by atoms with E-state index in [1.165, 1.54) is 5.56 Å². The lowest BCUT2D eigenvalue weighted by Gasteiger charge is -2.17. The Bertz CT molecular complexity index is 802. The Morgan fingerprint density at radius 1 is 1.25 bits per heavy atom. The fourth-order valence-electron chi connectivity index (χ4n) is 2.83. The van der Waals surface area contributed by atoms with E-state index in [0.29, 0.717) is 5.92 Å². The third-order valence-corrected chi connectivity index (χ3v) is 5.77. The summed E-state index contributed by atoms with van der Waals surface area (Å²) < 4.78 is 5.35. The van der Waals surface area contributed by atoms with Crippen molar-refractivity contribution in [2.24, 2.45) is 11.1 Å². The summed E-state index contributed by atoms with van der Waals surface area (Å²) >= 11 is 1.74. The minimum absolute atomic E-state index is 0.0263. The van der Waals surface area contributed by atoms with Crippen molar-refractivity contribution in [2.75, 3.05) is 25.2 Å². The zero-order chi connectivity index (χ0) is 19.8. The molecule has 0 aliphatic carbocycles. The van der Waals surface area contributed by atoms with Crippen LogP contribution in [0.4, 0.5) is 5.69 Å². The summed E-state index contributed by atoms with van der Waals surface area (Å²) in [4.78, 5) is 19.7. The lowest BCUT2D eigenvalue weighted by molar-refractivity contribution is -0.116. The first-order chi connectivity index (χ1) is 13.6. The van der Waals surface area contributed by atoms with Gasteiger partial charge in [0.25, 0.3) is 0 Å². The van der Waals surface area contributed by atoms with Crippen LogP contribution in [0.25, 0.3) is 0 Å². The topological polar surface area (TPSA) is 51.1 Å². The van der Waals surface area contributed by atoms with Crippen LogP contribution >= 0.6 is 11.8 Å². The van der Waals surface area contributed by atoms with Gasteiger partial charge in [-0.2, -0.15) is 0 Å². The van der Waals surface area contributed by atoms with Crippen LogP contribution in [-0.2, 0) is 15.3 Å². The number of oxime groups is 1. The summed E-state index contributed by atoms with van der Waals surface area (Å²) in [6, 6.07) is 16.0. The quantitative estimate of drug-likeness (QED) is 0.384. The van der Waals surface area contributed by atoms with Crippen LogP contribution in [0, 0.1) is 5.92 Å². The number of ether oxygens (including phenoxy) is 1. The van der Waals surface area contributed by atoms with E-state index in [1.807, 2.05) is 36.5 Å². The molecular formula is C22H26N2O3S. The molecule has 2 aromatic rings. The fraction of sp³-hybridized carbons (Fsp3) is 0.364. The number of amides is 1. The van der Waals surface area contributed by atoms with Gasteiger partial charge in [0, 0.05) is 55.7 Å². The molecule has 0 aromatic heterocycles. The zero-order valence-corrected chi connectivity index (χ0v) is 17.2. The minimum Gasteiger partial charge on any atom is -0.381 e. The molecule has 6 heteroatoms. The fourth-order valence-corrected chi connectivity index (χ4v) is 3.73. The Kier molecular flexibility index (Phi) is 7.51. The second kappa shape index (κ2) is 10.3. The van der Waals surface area contributed by atoms with Crippen molar-refractivity contribution in [1.29, 1.82) is 0 Å². The Balaban J connectivity index is 1.51. The Morgan fingerprint density at radius 2 is 2.00 bits per heavy atom. The molecule has 0 bridgehead atoms. The highest BCUT2D eigenvalue weighted by molar-refractivity contribution is 7.98. The van der Waals surface area contributed by atoms with E-state index < -0.39 is 0 Å². The molecule has 0 unspecified atom stereocenters. The second-order valence-corrected chi connectivity index (χ2v) is 7.85. The number of hydrogen-bond acceptors (Lipinski definition) is 5. The molecule has 0 radical (unpaired) electrons. The third kappa shape index (κ3) is 6.11. The van der Waals surface area contributed by atoms with Crippen LogP contribution in [0.15, 0.2) is 58.6 Å². The normalized spacial score (nSPS) is 14.9. The van der Waals surface area contributed by atoms with Crippen molar-refractivity contribution in [3.05, 3.63) is 54.1 Å². The smallest absolute Gasteiger partial charge is 0.223 e. The summed E-state index contributed by atoms with van der Waals surface area (Å²) in [5.74, 6) is 2.06. The number of thioether (sulfide) groups is 1. The van der Waals surface area contributed by atoms with Crippen LogP contribution in [0.3, 0.4) is 0 Å².